The maximum atomic E-state index is 12.7. The van der Waals surface area contributed by atoms with Crippen molar-refractivity contribution in [2.45, 2.75) is 71.3 Å². The maximum absolute atomic E-state index is 12.7. The second-order valence-electron chi connectivity index (χ2n) is 8.79. The van der Waals surface area contributed by atoms with Gasteiger partial charge in [-0.1, -0.05) is 43.6 Å². The smallest absolute Gasteiger partial charge is 0.473 e. The Morgan fingerprint density at radius 3 is 2.67 bits per heavy atom. The number of phenolic OH excluding ortho intramolecular Hbond substituents is 1. The number of hydrogen-bond acceptors (Lipinski definition) is 6. The standard InChI is InChI=1S/C24H33O7P.Y/c1-5-6-7-8-17-12-20(25)23(19-11-16(4)9-10-18(19)15(2)3)21(13-17)30-24(26)22-14-29-32(27,28)31-22;/h11-13,18-19,22,25H,2,5-10,14H2,1,3-4H3,(H,27,28);/t18-,19+,22?;/m0./s1. The zero-order valence-electron chi connectivity index (χ0n) is 19.6. The Morgan fingerprint density at radius 1 is 1.33 bits per heavy atom. The number of aromatic hydroxyl groups is 1. The summed E-state index contributed by atoms with van der Waals surface area (Å²) in [5.41, 5.74) is 3.58. The van der Waals surface area contributed by atoms with Gasteiger partial charge in [-0.2, -0.15) is 0 Å². The molecule has 2 unspecified atom stereocenters. The monoisotopic (exact) mass is 553 g/mol. The van der Waals surface area contributed by atoms with Crippen LogP contribution in [0.3, 0.4) is 0 Å². The largest absolute Gasteiger partial charge is 0.507 e. The molecule has 1 aromatic carbocycles. The summed E-state index contributed by atoms with van der Waals surface area (Å²) in [6, 6.07) is 3.52. The SMILES string of the molecule is C=C(C)[C@@H]1CCC(C)=C[C@H]1c1c(O)cc(CCCCC)cc1OC(=O)C1COP(=O)(O)O1.[Y]. The minimum atomic E-state index is -4.24. The molecule has 1 aliphatic carbocycles. The van der Waals surface area contributed by atoms with E-state index in [1.165, 1.54) is 5.57 Å². The van der Waals surface area contributed by atoms with Crippen LogP contribution in [-0.4, -0.2) is 28.7 Å². The van der Waals surface area contributed by atoms with E-state index in [1.54, 1.807) is 12.1 Å². The molecule has 4 atom stereocenters. The van der Waals surface area contributed by atoms with Gasteiger partial charge < -0.3 is 14.7 Å². The molecule has 2 N–H and O–H groups in total. The molecule has 33 heavy (non-hydrogen) atoms. The zero-order valence-corrected chi connectivity index (χ0v) is 23.3. The minimum absolute atomic E-state index is 0. The molecule has 0 amide bonds. The van der Waals surface area contributed by atoms with Crippen LogP contribution in [0, 0.1) is 5.92 Å². The van der Waals surface area contributed by atoms with Gasteiger partial charge in [-0.15, -0.1) is 0 Å². The molecule has 0 aromatic heterocycles. The fourth-order valence-electron chi connectivity index (χ4n) is 4.39. The maximum Gasteiger partial charge on any atom is 0.473 e. The van der Waals surface area contributed by atoms with Crippen molar-refractivity contribution >= 4 is 13.8 Å². The molecule has 1 fully saturated rings. The van der Waals surface area contributed by atoms with Gasteiger partial charge in [0, 0.05) is 44.2 Å². The van der Waals surface area contributed by atoms with Crippen molar-refractivity contribution in [2.75, 3.05) is 6.61 Å². The predicted molar refractivity (Wildman–Crippen MR) is 122 cm³/mol. The first kappa shape index (κ1) is 28.4. The predicted octanol–water partition coefficient (Wildman–Crippen LogP) is 5.56. The summed E-state index contributed by atoms with van der Waals surface area (Å²) in [4.78, 5) is 22.1. The number of esters is 1. The third kappa shape index (κ3) is 7.33. The Labute approximate surface area is 221 Å². The first-order valence-corrected chi connectivity index (χ1v) is 12.7. The Bertz CT molecular complexity index is 958. The number of carbonyl (C=O) groups is 1. The number of carbonyl (C=O) groups excluding carboxylic acids is 1. The quantitative estimate of drug-likeness (QED) is 0.143. The minimum Gasteiger partial charge on any atom is -0.507 e. The van der Waals surface area contributed by atoms with E-state index >= 15 is 0 Å². The van der Waals surface area contributed by atoms with E-state index in [0.29, 0.717) is 5.56 Å². The number of benzene rings is 1. The van der Waals surface area contributed by atoms with Gasteiger partial charge >= 0.3 is 13.8 Å². The molecule has 1 aromatic rings. The molecular formula is C24H33O7PY. The average molecular weight is 553 g/mol. The van der Waals surface area contributed by atoms with E-state index in [9.17, 15) is 19.4 Å². The van der Waals surface area contributed by atoms with Crippen LogP contribution in [0.25, 0.3) is 0 Å². The molecular weight excluding hydrogens is 520 g/mol. The summed E-state index contributed by atoms with van der Waals surface area (Å²) in [6.07, 6.45) is 6.45. The van der Waals surface area contributed by atoms with Gasteiger partial charge in [0.25, 0.3) is 0 Å². The molecule has 9 heteroatoms. The van der Waals surface area contributed by atoms with E-state index in [-0.39, 0.29) is 62.7 Å². The molecule has 3 rings (SSSR count). The van der Waals surface area contributed by atoms with Crippen molar-refractivity contribution in [3.8, 4) is 11.5 Å². The molecule has 1 saturated heterocycles. The van der Waals surface area contributed by atoms with E-state index in [1.807, 2.05) is 13.8 Å². The molecule has 1 radical (unpaired) electrons. The molecule has 0 bridgehead atoms. The fraction of sp³-hybridized carbons (Fsp3) is 0.542. The van der Waals surface area contributed by atoms with Crippen LogP contribution in [0.5, 0.6) is 11.5 Å². The first-order valence-electron chi connectivity index (χ1n) is 11.2. The van der Waals surface area contributed by atoms with Crippen LogP contribution in [0.15, 0.2) is 35.9 Å². The Kier molecular flexibility index (Phi) is 10.5. The number of ether oxygens (including phenoxy) is 1. The molecule has 7 nitrogen and oxygen atoms in total. The van der Waals surface area contributed by atoms with Crippen molar-refractivity contribution in [3.63, 3.8) is 0 Å². The van der Waals surface area contributed by atoms with Crippen molar-refractivity contribution < 1.29 is 65.9 Å². The molecule has 2 aliphatic rings. The third-order valence-electron chi connectivity index (χ3n) is 6.09. The number of phosphoric ester groups is 1. The van der Waals surface area contributed by atoms with E-state index < -0.39 is 19.9 Å². The number of phenols is 1. The second-order valence-corrected chi connectivity index (χ2v) is 10.2. The molecule has 179 valence electrons. The van der Waals surface area contributed by atoms with Crippen LogP contribution in [0.2, 0.25) is 0 Å². The van der Waals surface area contributed by atoms with Crippen LogP contribution in [-0.2, 0) is 57.5 Å². The molecule has 0 spiro atoms. The van der Waals surface area contributed by atoms with Gasteiger partial charge in [0.15, 0.2) is 6.10 Å². The topological polar surface area (TPSA) is 102 Å². The Balaban J connectivity index is 0.00000385. The van der Waals surface area contributed by atoms with Crippen molar-refractivity contribution in [3.05, 3.63) is 47.1 Å². The number of phosphoric acid groups is 1. The fourth-order valence-corrected chi connectivity index (χ4v) is 5.24. The summed E-state index contributed by atoms with van der Waals surface area (Å²) >= 11 is 0. The number of hydrogen-bond donors (Lipinski definition) is 2. The van der Waals surface area contributed by atoms with Gasteiger partial charge in [0.1, 0.15) is 11.5 Å². The van der Waals surface area contributed by atoms with Gasteiger partial charge in [-0.3, -0.25) is 9.05 Å². The van der Waals surface area contributed by atoms with E-state index in [4.69, 9.17) is 9.26 Å². The van der Waals surface area contributed by atoms with Crippen LogP contribution >= 0.6 is 7.82 Å². The Hall–Kier alpha value is -0.816. The van der Waals surface area contributed by atoms with E-state index in [0.717, 1.165) is 49.7 Å². The summed E-state index contributed by atoms with van der Waals surface area (Å²) in [7, 11) is -4.24. The first-order chi connectivity index (χ1) is 15.1. The zero-order chi connectivity index (χ0) is 23.5. The summed E-state index contributed by atoms with van der Waals surface area (Å²) in [6.45, 7) is 9.91. The third-order valence-corrected chi connectivity index (χ3v) is 7.08. The summed E-state index contributed by atoms with van der Waals surface area (Å²) in [5, 5.41) is 11.0. The Morgan fingerprint density at radius 2 is 2.06 bits per heavy atom. The average Bonchev–Trinajstić information content (AvgIpc) is 3.07. The van der Waals surface area contributed by atoms with Crippen molar-refractivity contribution in [2.24, 2.45) is 5.92 Å². The number of rotatable bonds is 8. The van der Waals surface area contributed by atoms with E-state index in [2.05, 4.69) is 24.1 Å². The normalized spacial score (nSPS) is 26.9. The van der Waals surface area contributed by atoms with Crippen LogP contribution < -0.4 is 4.74 Å². The van der Waals surface area contributed by atoms with Gasteiger partial charge in [0.2, 0.25) is 0 Å². The van der Waals surface area contributed by atoms with Gasteiger partial charge in [0.05, 0.1) is 6.61 Å². The number of allylic oxidation sites excluding steroid dienone is 3. The van der Waals surface area contributed by atoms with Gasteiger partial charge in [-0.25, -0.2) is 9.36 Å². The van der Waals surface area contributed by atoms with Crippen molar-refractivity contribution in [1.29, 1.82) is 0 Å². The molecule has 1 aliphatic heterocycles. The van der Waals surface area contributed by atoms with Crippen LogP contribution in [0.1, 0.15) is 69.9 Å². The van der Waals surface area contributed by atoms with Gasteiger partial charge in [-0.05, 0) is 63.1 Å². The molecule has 0 saturated carbocycles. The second kappa shape index (κ2) is 12.2. The summed E-state index contributed by atoms with van der Waals surface area (Å²) < 4.78 is 26.7. The number of aryl methyl sites for hydroxylation is 1. The van der Waals surface area contributed by atoms with Crippen LogP contribution in [0.4, 0.5) is 0 Å². The number of unbranched alkanes of at least 4 members (excludes halogenated alkanes) is 2. The van der Waals surface area contributed by atoms with Crippen molar-refractivity contribution in [1.82, 2.24) is 0 Å². The summed E-state index contributed by atoms with van der Waals surface area (Å²) in [5.74, 6) is -0.617. The molecule has 1 heterocycles.